The highest BCUT2D eigenvalue weighted by molar-refractivity contribution is 7.89. The Hall–Kier alpha value is -1.19. The molecule has 8 nitrogen and oxygen atoms in total. The molecule has 1 spiro atoms. The molecule has 132 valence electrons. The van der Waals surface area contributed by atoms with Crippen LogP contribution < -0.4 is 5.32 Å². The van der Waals surface area contributed by atoms with Gasteiger partial charge in [-0.1, -0.05) is 0 Å². The van der Waals surface area contributed by atoms with Crippen molar-refractivity contribution in [1.29, 1.82) is 0 Å². The number of piperidine rings is 1. The van der Waals surface area contributed by atoms with E-state index in [4.69, 9.17) is 0 Å². The molecule has 2 aliphatic rings. The van der Waals surface area contributed by atoms with E-state index in [1.165, 1.54) is 18.4 Å². The largest absolute Gasteiger partial charge is 0.481 e. The number of hydrogen-bond acceptors (Lipinski definition) is 5. The van der Waals surface area contributed by atoms with E-state index in [1.807, 2.05) is 0 Å². The molecule has 0 bridgehead atoms. The lowest BCUT2D eigenvalue weighted by molar-refractivity contribution is -0.144. The third-order valence-electron chi connectivity index (χ3n) is 4.92. The third kappa shape index (κ3) is 4.02. The molecule has 0 aromatic carbocycles. The van der Waals surface area contributed by atoms with Crippen LogP contribution in [0, 0.1) is 5.92 Å². The van der Waals surface area contributed by atoms with Gasteiger partial charge in [-0.25, -0.2) is 12.7 Å². The fraction of sp³-hybridized carbons (Fsp3) is 0.857. The number of carbonyl (C=O) groups excluding carboxylic acids is 1. The van der Waals surface area contributed by atoms with E-state index in [1.54, 1.807) is 0 Å². The molecule has 0 aromatic rings. The summed E-state index contributed by atoms with van der Waals surface area (Å²) in [5.74, 6) is -1.67. The second-order valence-electron chi connectivity index (χ2n) is 6.59. The number of rotatable bonds is 6. The lowest BCUT2D eigenvalue weighted by atomic mass is 9.78. The lowest BCUT2D eigenvalue weighted by Crippen LogP contribution is -2.55. The van der Waals surface area contributed by atoms with Crippen LogP contribution in [0.5, 0.6) is 0 Å². The number of carboxylic acids is 1. The minimum atomic E-state index is -3.18. The molecule has 2 rings (SSSR count). The van der Waals surface area contributed by atoms with Crippen molar-refractivity contribution in [3.63, 3.8) is 0 Å². The van der Waals surface area contributed by atoms with Gasteiger partial charge in [-0.3, -0.25) is 9.59 Å². The van der Waals surface area contributed by atoms with Crippen LogP contribution in [-0.4, -0.2) is 79.6 Å². The zero-order valence-corrected chi connectivity index (χ0v) is 14.4. The number of hydrogen-bond donors (Lipinski definition) is 2. The average molecular weight is 347 g/mol. The van der Waals surface area contributed by atoms with Crippen molar-refractivity contribution in [2.45, 2.75) is 31.2 Å². The van der Waals surface area contributed by atoms with Gasteiger partial charge in [0.25, 0.3) is 0 Å². The van der Waals surface area contributed by atoms with Gasteiger partial charge in [-0.15, -0.1) is 0 Å². The minimum Gasteiger partial charge on any atom is -0.481 e. The second kappa shape index (κ2) is 6.74. The fourth-order valence-electron chi connectivity index (χ4n) is 3.42. The maximum Gasteiger partial charge on any atom is 0.309 e. The third-order valence-corrected chi connectivity index (χ3v) is 6.84. The van der Waals surface area contributed by atoms with Gasteiger partial charge < -0.3 is 15.3 Å². The zero-order chi connectivity index (χ0) is 17.3. The van der Waals surface area contributed by atoms with E-state index in [9.17, 15) is 23.1 Å². The van der Waals surface area contributed by atoms with Crippen LogP contribution in [-0.2, 0) is 19.6 Å². The number of aliphatic carboxylic acids is 1. The van der Waals surface area contributed by atoms with Gasteiger partial charge in [0, 0.05) is 33.6 Å². The van der Waals surface area contributed by atoms with Crippen LogP contribution in [0.1, 0.15) is 25.7 Å². The summed E-state index contributed by atoms with van der Waals surface area (Å²) >= 11 is 0. The summed E-state index contributed by atoms with van der Waals surface area (Å²) in [5.41, 5.74) is -0.630. The highest BCUT2D eigenvalue weighted by Gasteiger charge is 2.51. The van der Waals surface area contributed by atoms with Crippen molar-refractivity contribution in [3.05, 3.63) is 0 Å². The Labute approximate surface area is 136 Å². The van der Waals surface area contributed by atoms with Crippen LogP contribution in [0.15, 0.2) is 0 Å². The van der Waals surface area contributed by atoms with Gasteiger partial charge in [0.15, 0.2) is 0 Å². The molecule has 0 radical (unpaired) electrons. The van der Waals surface area contributed by atoms with E-state index in [2.05, 4.69) is 10.2 Å². The van der Waals surface area contributed by atoms with E-state index in [-0.39, 0.29) is 18.1 Å². The topological polar surface area (TPSA) is 107 Å². The lowest BCUT2D eigenvalue weighted by Gasteiger charge is -2.41. The Morgan fingerprint density at radius 1 is 1.39 bits per heavy atom. The summed E-state index contributed by atoms with van der Waals surface area (Å²) in [5, 5.41) is 12.2. The molecule has 1 amide bonds. The van der Waals surface area contributed by atoms with Crippen molar-refractivity contribution in [1.82, 2.24) is 14.5 Å². The monoisotopic (exact) mass is 347 g/mol. The van der Waals surface area contributed by atoms with Crippen LogP contribution in [0.4, 0.5) is 0 Å². The number of nitrogens with zero attached hydrogens (tertiary/aromatic N) is 2. The molecule has 0 unspecified atom stereocenters. The maximum absolute atomic E-state index is 11.7. The van der Waals surface area contributed by atoms with Crippen LogP contribution >= 0.6 is 0 Å². The van der Waals surface area contributed by atoms with Gasteiger partial charge >= 0.3 is 5.97 Å². The number of nitrogens with one attached hydrogen (secondary N) is 1. The number of amides is 1. The summed E-state index contributed by atoms with van der Waals surface area (Å²) in [6, 6.07) is 0. The Bertz CT molecular complexity index is 567. The molecule has 2 fully saturated rings. The molecule has 0 saturated carbocycles. The van der Waals surface area contributed by atoms with Crippen LogP contribution in [0.25, 0.3) is 0 Å². The van der Waals surface area contributed by atoms with Crippen molar-refractivity contribution in [3.8, 4) is 0 Å². The SMILES string of the molecule is CN(C)S(=O)(=O)CCCN1CCC2(CC1)NC(=O)C[C@H]2C(=O)O. The molecule has 0 aliphatic carbocycles. The number of likely N-dealkylation sites (tertiary alicyclic amines) is 1. The van der Waals surface area contributed by atoms with Crippen molar-refractivity contribution < 1.29 is 23.1 Å². The van der Waals surface area contributed by atoms with Gasteiger partial charge in [0.1, 0.15) is 0 Å². The molecular weight excluding hydrogens is 322 g/mol. The normalized spacial score (nSPS) is 25.0. The van der Waals surface area contributed by atoms with E-state index < -0.39 is 27.4 Å². The van der Waals surface area contributed by atoms with Gasteiger partial charge in [-0.05, 0) is 25.8 Å². The minimum absolute atomic E-state index is 0.0520. The smallest absolute Gasteiger partial charge is 0.309 e. The number of sulfonamides is 1. The van der Waals surface area contributed by atoms with Crippen molar-refractivity contribution in [2.24, 2.45) is 5.92 Å². The van der Waals surface area contributed by atoms with Crippen LogP contribution in [0.2, 0.25) is 0 Å². The van der Waals surface area contributed by atoms with E-state index in [0.717, 1.165) is 0 Å². The molecule has 2 heterocycles. The van der Waals surface area contributed by atoms with Gasteiger partial charge in [0.05, 0.1) is 17.2 Å². The zero-order valence-electron chi connectivity index (χ0n) is 13.6. The number of carboxylic acid groups (broad SMARTS) is 1. The highest BCUT2D eigenvalue weighted by atomic mass is 32.2. The summed E-state index contributed by atoms with van der Waals surface area (Å²) in [7, 11) is -0.131. The first-order valence-electron chi connectivity index (χ1n) is 7.83. The van der Waals surface area contributed by atoms with Crippen molar-refractivity contribution in [2.75, 3.05) is 39.5 Å². The van der Waals surface area contributed by atoms with E-state index >= 15 is 0 Å². The van der Waals surface area contributed by atoms with Gasteiger partial charge in [-0.2, -0.15) is 0 Å². The molecule has 1 atom stereocenters. The molecular formula is C14H25N3O5S. The molecule has 2 N–H and O–H groups in total. The molecule has 2 saturated heterocycles. The Kier molecular flexibility index (Phi) is 5.32. The fourth-order valence-corrected chi connectivity index (χ4v) is 4.28. The molecule has 2 aliphatic heterocycles. The molecule has 23 heavy (non-hydrogen) atoms. The van der Waals surface area contributed by atoms with Crippen molar-refractivity contribution >= 4 is 21.9 Å². The highest BCUT2D eigenvalue weighted by Crippen LogP contribution is 2.36. The average Bonchev–Trinajstić information content (AvgIpc) is 2.78. The summed E-state index contributed by atoms with van der Waals surface area (Å²) in [4.78, 5) is 25.1. The molecule has 9 heteroatoms. The summed E-state index contributed by atoms with van der Waals surface area (Å²) < 4.78 is 24.7. The molecule has 0 aromatic heterocycles. The standard InChI is InChI=1S/C14H25N3O5S/c1-16(2)23(21,22)9-3-6-17-7-4-14(5-8-17)11(13(19)20)10-12(18)15-14/h11H,3-10H2,1-2H3,(H,15,18)(H,19,20)/t11-/m0/s1. The predicted molar refractivity (Wildman–Crippen MR) is 84.4 cm³/mol. The summed E-state index contributed by atoms with van der Waals surface area (Å²) in [6.07, 6.45) is 1.78. The first-order valence-corrected chi connectivity index (χ1v) is 9.43. The van der Waals surface area contributed by atoms with Gasteiger partial charge in [0.2, 0.25) is 15.9 Å². The van der Waals surface area contributed by atoms with Crippen LogP contribution in [0.3, 0.4) is 0 Å². The Morgan fingerprint density at radius 3 is 2.52 bits per heavy atom. The maximum atomic E-state index is 11.7. The first-order chi connectivity index (χ1) is 10.7. The quantitative estimate of drug-likeness (QED) is 0.659. The Balaban J connectivity index is 1.84. The first kappa shape index (κ1) is 18.2. The van der Waals surface area contributed by atoms with E-state index in [0.29, 0.717) is 38.9 Å². The predicted octanol–water partition coefficient (Wildman–Crippen LogP) is -0.677. The Morgan fingerprint density at radius 2 is 2.00 bits per heavy atom. The summed E-state index contributed by atoms with van der Waals surface area (Å²) in [6.45, 7) is 2.01. The second-order valence-corrected chi connectivity index (χ2v) is 8.90. The number of carbonyl (C=O) groups is 2.